The maximum atomic E-state index is 14.8. The van der Waals surface area contributed by atoms with E-state index in [4.69, 9.17) is 9.26 Å². The van der Waals surface area contributed by atoms with Crippen LogP contribution in [-0.4, -0.2) is 87.4 Å². The summed E-state index contributed by atoms with van der Waals surface area (Å²) in [6.45, 7) is 9.37. The molecule has 2 atom stereocenters. The van der Waals surface area contributed by atoms with Crippen molar-refractivity contribution in [3.63, 3.8) is 0 Å². The number of piperidine rings is 1. The number of alkyl carbamates (subject to hydrolysis) is 1. The lowest BCUT2D eigenvalue weighted by Gasteiger charge is -2.37. The zero-order valence-corrected chi connectivity index (χ0v) is 26.8. The first-order valence-corrected chi connectivity index (χ1v) is 15.4. The first-order chi connectivity index (χ1) is 22.1. The number of nitrogens with zero attached hydrogens (tertiary/aromatic N) is 7. The molecule has 2 aromatic heterocycles. The van der Waals surface area contributed by atoms with Gasteiger partial charge in [-0.25, -0.2) is 23.5 Å². The van der Waals surface area contributed by atoms with Gasteiger partial charge in [0.25, 0.3) is 5.91 Å². The van der Waals surface area contributed by atoms with E-state index in [2.05, 4.69) is 25.4 Å². The summed E-state index contributed by atoms with van der Waals surface area (Å²) in [6, 6.07) is 2.44. The molecule has 16 heteroatoms. The van der Waals surface area contributed by atoms with Crippen molar-refractivity contribution >= 4 is 24.0 Å². The lowest BCUT2D eigenvalue weighted by Crippen LogP contribution is -2.47. The Kier molecular flexibility index (Phi) is 9.59. The summed E-state index contributed by atoms with van der Waals surface area (Å²) in [6.07, 6.45) is 3.25. The van der Waals surface area contributed by atoms with Crippen LogP contribution in [0, 0.1) is 11.6 Å². The second-order valence-corrected chi connectivity index (χ2v) is 12.8. The van der Waals surface area contributed by atoms with E-state index in [1.165, 1.54) is 12.4 Å². The number of aromatic nitrogens is 4. The van der Waals surface area contributed by atoms with Gasteiger partial charge in [0.2, 0.25) is 11.8 Å². The minimum Gasteiger partial charge on any atom is -0.444 e. The summed E-state index contributed by atoms with van der Waals surface area (Å²) in [5, 5.41) is 6.16. The third kappa shape index (κ3) is 7.91. The van der Waals surface area contributed by atoms with Crippen LogP contribution in [0.5, 0.6) is 0 Å². The van der Waals surface area contributed by atoms with E-state index in [0.717, 1.165) is 18.2 Å². The number of benzene rings is 1. The highest BCUT2D eigenvalue weighted by molar-refractivity contribution is 5.94. The Morgan fingerprint density at radius 3 is 2.34 bits per heavy atom. The molecule has 2 aliphatic heterocycles. The van der Waals surface area contributed by atoms with E-state index in [-0.39, 0.29) is 48.1 Å². The van der Waals surface area contributed by atoms with E-state index in [1.54, 1.807) is 35.5 Å². The molecule has 2 unspecified atom stereocenters. The molecule has 0 bridgehead atoms. The van der Waals surface area contributed by atoms with Crippen molar-refractivity contribution in [2.24, 2.45) is 0 Å². The van der Waals surface area contributed by atoms with Crippen molar-refractivity contribution in [2.75, 3.05) is 42.5 Å². The molecule has 3 aromatic rings. The van der Waals surface area contributed by atoms with Gasteiger partial charge in [-0.3, -0.25) is 4.79 Å². The highest BCUT2D eigenvalue weighted by Gasteiger charge is 2.39. The van der Waals surface area contributed by atoms with Crippen LogP contribution < -0.4 is 15.1 Å². The molecule has 1 aromatic carbocycles. The molecule has 1 N–H and O–H groups in total. The number of hydrogen-bond acceptors (Lipinski definition) is 10. The molecule has 47 heavy (non-hydrogen) atoms. The van der Waals surface area contributed by atoms with Gasteiger partial charge in [-0.05, 0) is 64.3 Å². The Balaban J connectivity index is 1.26. The van der Waals surface area contributed by atoms with E-state index in [0.29, 0.717) is 39.4 Å². The van der Waals surface area contributed by atoms with Gasteiger partial charge >= 0.3 is 18.0 Å². The summed E-state index contributed by atoms with van der Waals surface area (Å²) in [4.78, 5) is 44.0. The zero-order chi connectivity index (χ0) is 34.1. The quantitative estimate of drug-likeness (QED) is 0.333. The maximum Gasteiger partial charge on any atom is 0.407 e. The van der Waals surface area contributed by atoms with E-state index in [9.17, 15) is 27.2 Å². The summed E-state index contributed by atoms with van der Waals surface area (Å²) >= 11 is 0. The van der Waals surface area contributed by atoms with E-state index < -0.39 is 47.0 Å². The normalized spacial score (nSPS) is 19.2. The predicted molar refractivity (Wildman–Crippen MR) is 162 cm³/mol. The Labute approximate surface area is 269 Å². The summed E-state index contributed by atoms with van der Waals surface area (Å²) < 4.78 is 66.5. The van der Waals surface area contributed by atoms with E-state index in [1.807, 2.05) is 6.92 Å². The monoisotopic (exact) mass is 662 g/mol. The average molecular weight is 663 g/mol. The number of alkyl halides is 2. The standard InChI is InChI=1S/C31H38F4N8O4/c1-6-43(20-9-11-41(12-10-20)28-39-26(40-47-28)31(5,34)35)25(44)18-14-36-27(37-15-18)42-16-22(21-13-19(32)7-8-23(21)33)24(17-42)38-29(45)46-30(2,3)4/h7-8,13-15,20,22,24H,6,9-12,16-17H2,1-5H3,(H,38,45). The molecule has 5 rings (SSSR count). The Morgan fingerprint density at radius 1 is 1.06 bits per heavy atom. The molecule has 2 amide bonds. The predicted octanol–water partition coefficient (Wildman–Crippen LogP) is 4.88. The van der Waals surface area contributed by atoms with Crippen LogP contribution >= 0.6 is 0 Å². The van der Waals surface area contributed by atoms with Crippen molar-refractivity contribution in [2.45, 2.75) is 77.0 Å². The second-order valence-electron chi connectivity index (χ2n) is 12.8. The van der Waals surface area contributed by atoms with Crippen LogP contribution in [-0.2, 0) is 10.7 Å². The maximum absolute atomic E-state index is 14.8. The number of hydrogen-bond donors (Lipinski definition) is 1. The van der Waals surface area contributed by atoms with Crippen molar-refractivity contribution in [3.05, 3.63) is 59.2 Å². The fourth-order valence-corrected chi connectivity index (χ4v) is 5.91. The molecular weight excluding hydrogens is 624 g/mol. The number of carbonyl (C=O) groups is 2. The number of rotatable bonds is 8. The number of halogens is 4. The fraction of sp³-hybridized carbons (Fsp3) is 0.548. The van der Waals surface area contributed by atoms with Gasteiger partial charge in [-0.15, -0.1) is 0 Å². The molecule has 2 fully saturated rings. The number of ether oxygens (including phenoxy) is 1. The van der Waals surface area contributed by atoms with Crippen LogP contribution in [0.4, 0.5) is 34.3 Å². The smallest absolute Gasteiger partial charge is 0.407 e. The summed E-state index contributed by atoms with van der Waals surface area (Å²) in [7, 11) is 0. The van der Waals surface area contributed by atoms with Crippen molar-refractivity contribution in [1.82, 2.24) is 30.3 Å². The van der Waals surface area contributed by atoms with Crippen molar-refractivity contribution in [1.29, 1.82) is 0 Å². The van der Waals surface area contributed by atoms with Gasteiger partial charge in [0.1, 0.15) is 17.2 Å². The van der Waals surface area contributed by atoms with Crippen LogP contribution in [0.3, 0.4) is 0 Å². The van der Waals surface area contributed by atoms with Gasteiger partial charge in [0.15, 0.2) is 0 Å². The largest absolute Gasteiger partial charge is 0.444 e. The lowest BCUT2D eigenvalue weighted by molar-refractivity contribution is 0.00557. The molecule has 0 aliphatic carbocycles. The highest BCUT2D eigenvalue weighted by atomic mass is 19.3. The SMILES string of the molecule is CCN(C(=O)c1cnc(N2CC(NC(=O)OC(C)(C)C)C(c3cc(F)ccc3F)C2)nc1)C1CCN(c2nc(C(C)(F)F)no2)CC1. The molecular formula is C31H38F4N8O4. The van der Waals surface area contributed by atoms with Crippen LogP contribution in [0.25, 0.3) is 0 Å². The second kappa shape index (κ2) is 13.3. The summed E-state index contributed by atoms with van der Waals surface area (Å²) in [5.74, 6) is -5.75. The zero-order valence-electron chi connectivity index (χ0n) is 26.8. The highest BCUT2D eigenvalue weighted by Crippen LogP contribution is 2.33. The minimum absolute atomic E-state index is 0.0196. The third-order valence-electron chi connectivity index (χ3n) is 8.13. The number of nitrogens with one attached hydrogen (secondary N) is 1. The van der Waals surface area contributed by atoms with Gasteiger partial charge < -0.3 is 29.3 Å². The molecule has 0 spiro atoms. The van der Waals surface area contributed by atoms with Gasteiger partial charge in [0.05, 0.1) is 11.6 Å². The first-order valence-electron chi connectivity index (χ1n) is 15.4. The number of amides is 2. The first kappa shape index (κ1) is 33.9. The van der Waals surface area contributed by atoms with Gasteiger partial charge in [0, 0.05) is 64.0 Å². The topological polar surface area (TPSA) is 130 Å². The Bertz CT molecular complexity index is 1570. The van der Waals surface area contributed by atoms with Crippen LogP contribution in [0.2, 0.25) is 0 Å². The number of carbonyl (C=O) groups excluding carboxylic acids is 2. The lowest BCUT2D eigenvalue weighted by atomic mass is 9.94. The molecule has 4 heterocycles. The molecule has 2 saturated heterocycles. The molecule has 0 saturated carbocycles. The third-order valence-corrected chi connectivity index (χ3v) is 8.13. The fourth-order valence-electron chi connectivity index (χ4n) is 5.91. The molecule has 12 nitrogen and oxygen atoms in total. The van der Waals surface area contributed by atoms with Crippen LogP contribution in [0.15, 0.2) is 35.1 Å². The van der Waals surface area contributed by atoms with E-state index >= 15 is 0 Å². The molecule has 0 radical (unpaired) electrons. The average Bonchev–Trinajstić information content (AvgIpc) is 3.67. The van der Waals surface area contributed by atoms with Crippen LogP contribution in [0.1, 0.15) is 75.1 Å². The molecule has 2 aliphatic rings. The van der Waals surface area contributed by atoms with Crippen molar-refractivity contribution in [3.8, 4) is 0 Å². The molecule has 254 valence electrons. The Morgan fingerprint density at radius 2 is 1.74 bits per heavy atom. The van der Waals surface area contributed by atoms with Gasteiger partial charge in [-0.2, -0.15) is 13.8 Å². The Hall–Kier alpha value is -4.50. The minimum atomic E-state index is -3.21. The van der Waals surface area contributed by atoms with Crippen molar-refractivity contribution < 1.29 is 36.4 Å². The summed E-state index contributed by atoms with van der Waals surface area (Å²) in [5.41, 5.74) is -0.391. The number of anilines is 2. The van der Waals surface area contributed by atoms with Gasteiger partial charge in [-0.1, -0.05) is 5.16 Å².